The van der Waals surface area contributed by atoms with Crippen LogP contribution in [-0.2, 0) is 11.2 Å². The van der Waals surface area contributed by atoms with Crippen LogP contribution in [0.15, 0.2) is 24.3 Å². The molecule has 18 heavy (non-hydrogen) atoms. The van der Waals surface area contributed by atoms with E-state index in [-0.39, 0.29) is 6.61 Å². The molecule has 0 saturated carbocycles. The van der Waals surface area contributed by atoms with Crippen LogP contribution in [0.25, 0.3) is 0 Å². The maximum Gasteiger partial charge on any atom is 0.411 e. The molecule has 2 nitrogen and oxygen atoms in total. The fourth-order valence-electron chi connectivity index (χ4n) is 1.34. The van der Waals surface area contributed by atoms with Crippen LogP contribution >= 0.6 is 11.6 Å². The quantitative estimate of drug-likeness (QED) is 0.776. The monoisotopic (exact) mass is 281 g/mol. The Morgan fingerprint density at radius 2 is 1.78 bits per heavy atom. The lowest BCUT2D eigenvalue weighted by Crippen LogP contribution is -2.25. The molecule has 0 heterocycles. The minimum atomic E-state index is -4.25. The van der Waals surface area contributed by atoms with Gasteiger partial charge in [0.05, 0.1) is 6.61 Å². The minimum Gasteiger partial charge on any atom is -0.371 e. The van der Waals surface area contributed by atoms with E-state index in [9.17, 15) is 13.2 Å². The normalized spacial score (nSPS) is 11.8. The summed E-state index contributed by atoms with van der Waals surface area (Å²) in [7, 11) is 0. The summed E-state index contributed by atoms with van der Waals surface area (Å²) in [6.45, 7) is -0.0350. The Hall–Kier alpha value is -0.780. The predicted molar refractivity (Wildman–Crippen MR) is 64.9 cm³/mol. The van der Waals surface area contributed by atoms with Crippen molar-refractivity contribution in [2.75, 3.05) is 26.3 Å². The zero-order chi connectivity index (χ0) is 13.4. The Kier molecular flexibility index (Phi) is 6.46. The van der Waals surface area contributed by atoms with Crippen LogP contribution in [0.2, 0.25) is 5.02 Å². The number of hydrogen-bond donors (Lipinski definition) is 1. The van der Waals surface area contributed by atoms with Crippen molar-refractivity contribution in [1.29, 1.82) is 0 Å². The molecule has 1 aromatic carbocycles. The molecule has 1 N–H and O–H groups in total. The number of nitrogens with one attached hydrogen (secondary N) is 1. The highest BCUT2D eigenvalue weighted by Crippen LogP contribution is 2.14. The van der Waals surface area contributed by atoms with Gasteiger partial charge in [-0.25, -0.2) is 0 Å². The van der Waals surface area contributed by atoms with Gasteiger partial charge in [-0.3, -0.25) is 0 Å². The summed E-state index contributed by atoms with van der Waals surface area (Å²) in [6.07, 6.45) is -3.44. The van der Waals surface area contributed by atoms with E-state index >= 15 is 0 Å². The summed E-state index contributed by atoms with van der Waals surface area (Å²) in [6, 6.07) is 7.46. The van der Waals surface area contributed by atoms with Gasteiger partial charge in [0.1, 0.15) is 6.61 Å². The number of ether oxygens (including phenoxy) is 1. The van der Waals surface area contributed by atoms with Gasteiger partial charge in [0.2, 0.25) is 0 Å². The zero-order valence-electron chi connectivity index (χ0n) is 9.77. The molecule has 0 unspecified atom stereocenters. The van der Waals surface area contributed by atoms with E-state index in [0.29, 0.717) is 18.1 Å². The van der Waals surface area contributed by atoms with E-state index in [1.807, 2.05) is 24.3 Å². The van der Waals surface area contributed by atoms with Crippen LogP contribution in [0.3, 0.4) is 0 Å². The van der Waals surface area contributed by atoms with Crippen LogP contribution < -0.4 is 5.32 Å². The third-order valence-electron chi connectivity index (χ3n) is 2.19. The van der Waals surface area contributed by atoms with E-state index in [1.165, 1.54) is 0 Å². The summed E-state index contributed by atoms with van der Waals surface area (Å²) >= 11 is 5.74. The van der Waals surface area contributed by atoms with Crippen molar-refractivity contribution in [2.45, 2.75) is 12.6 Å². The summed E-state index contributed by atoms with van der Waals surface area (Å²) in [5.74, 6) is 0. The topological polar surface area (TPSA) is 21.3 Å². The number of rotatable bonds is 7. The maximum absolute atomic E-state index is 11.7. The number of halogens is 4. The second-order valence-electron chi connectivity index (χ2n) is 3.79. The van der Waals surface area contributed by atoms with Crippen LogP contribution in [0, 0.1) is 0 Å². The highest BCUT2D eigenvalue weighted by Gasteiger charge is 2.27. The lowest BCUT2D eigenvalue weighted by atomic mass is 10.1. The van der Waals surface area contributed by atoms with E-state index in [1.54, 1.807) is 0 Å². The van der Waals surface area contributed by atoms with E-state index in [4.69, 9.17) is 11.6 Å². The molecule has 102 valence electrons. The van der Waals surface area contributed by atoms with Crippen molar-refractivity contribution in [3.63, 3.8) is 0 Å². The van der Waals surface area contributed by atoms with Crippen molar-refractivity contribution < 1.29 is 17.9 Å². The van der Waals surface area contributed by atoms with E-state index in [2.05, 4.69) is 10.1 Å². The molecule has 0 spiro atoms. The molecule has 0 aliphatic heterocycles. The average Bonchev–Trinajstić information content (AvgIpc) is 2.29. The van der Waals surface area contributed by atoms with Crippen molar-refractivity contribution in [3.8, 4) is 0 Å². The third-order valence-corrected chi connectivity index (χ3v) is 2.44. The van der Waals surface area contributed by atoms with E-state index < -0.39 is 12.8 Å². The molecule has 0 aromatic heterocycles. The highest BCUT2D eigenvalue weighted by atomic mass is 35.5. The predicted octanol–water partition coefficient (Wildman–Crippen LogP) is 3.05. The fraction of sp³-hybridized carbons (Fsp3) is 0.500. The summed E-state index contributed by atoms with van der Waals surface area (Å²) in [5, 5.41) is 3.70. The van der Waals surface area contributed by atoms with Gasteiger partial charge < -0.3 is 10.1 Å². The van der Waals surface area contributed by atoms with Crippen LogP contribution in [0.5, 0.6) is 0 Å². The van der Waals surface area contributed by atoms with Gasteiger partial charge in [0.25, 0.3) is 0 Å². The lowest BCUT2D eigenvalue weighted by Gasteiger charge is -2.08. The van der Waals surface area contributed by atoms with Gasteiger partial charge >= 0.3 is 6.18 Å². The SMILES string of the molecule is FC(F)(F)COCCNCCc1ccc(Cl)cc1. The first-order valence-electron chi connectivity index (χ1n) is 5.57. The number of alkyl halides is 3. The van der Waals surface area contributed by atoms with Gasteiger partial charge in [-0.1, -0.05) is 23.7 Å². The first-order valence-corrected chi connectivity index (χ1v) is 5.95. The second kappa shape index (κ2) is 7.61. The van der Waals surface area contributed by atoms with Gasteiger partial charge in [0, 0.05) is 11.6 Å². The molecular formula is C12H15ClF3NO. The van der Waals surface area contributed by atoms with E-state index in [0.717, 1.165) is 12.0 Å². The van der Waals surface area contributed by atoms with Crippen molar-refractivity contribution in [1.82, 2.24) is 5.32 Å². The zero-order valence-corrected chi connectivity index (χ0v) is 10.5. The Labute approximate surface area is 109 Å². The Morgan fingerprint density at radius 1 is 1.11 bits per heavy atom. The second-order valence-corrected chi connectivity index (χ2v) is 4.23. The third kappa shape index (κ3) is 7.53. The Balaban J connectivity index is 2.00. The first kappa shape index (κ1) is 15.3. The Bertz CT molecular complexity index is 340. The molecular weight excluding hydrogens is 267 g/mol. The van der Waals surface area contributed by atoms with Gasteiger partial charge in [-0.15, -0.1) is 0 Å². The van der Waals surface area contributed by atoms with Gasteiger partial charge in [0.15, 0.2) is 0 Å². The average molecular weight is 282 g/mol. The van der Waals surface area contributed by atoms with Crippen LogP contribution in [0.4, 0.5) is 13.2 Å². The summed E-state index contributed by atoms with van der Waals surface area (Å²) < 4.78 is 39.6. The summed E-state index contributed by atoms with van der Waals surface area (Å²) in [5.41, 5.74) is 1.13. The summed E-state index contributed by atoms with van der Waals surface area (Å²) in [4.78, 5) is 0. The molecule has 0 saturated heterocycles. The minimum absolute atomic E-state index is 0.0557. The lowest BCUT2D eigenvalue weighted by molar-refractivity contribution is -0.173. The first-order chi connectivity index (χ1) is 8.47. The van der Waals surface area contributed by atoms with Crippen molar-refractivity contribution >= 4 is 11.6 Å². The molecule has 0 aliphatic carbocycles. The molecule has 0 aliphatic rings. The molecule has 0 bridgehead atoms. The molecule has 1 rings (SSSR count). The number of hydrogen-bond acceptors (Lipinski definition) is 2. The number of benzene rings is 1. The smallest absolute Gasteiger partial charge is 0.371 e. The van der Waals surface area contributed by atoms with Crippen LogP contribution in [0.1, 0.15) is 5.56 Å². The standard InChI is InChI=1S/C12H15ClF3NO/c13-11-3-1-10(2-4-11)5-6-17-7-8-18-9-12(14,15)16/h1-4,17H,5-9H2. The van der Waals surface area contributed by atoms with Crippen molar-refractivity contribution in [2.24, 2.45) is 0 Å². The fourth-order valence-corrected chi connectivity index (χ4v) is 1.47. The molecule has 1 aromatic rings. The van der Waals surface area contributed by atoms with Crippen LogP contribution in [-0.4, -0.2) is 32.5 Å². The largest absolute Gasteiger partial charge is 0.411 e. The maximum atomic E-state index is 11.7. The highest BCUT2D eigenvalue weighted by molar-refractivity contribution is 6.30. The molecule has 0 amide bonds. The Morgan fingerprint density at radius 3 is 2.39 bits per heavy atom. The molecule has 0 radical (unpaired) electrons. The molecule has 6 heteroatoms. The molecule has 0 fully saturated rings. The van der Waals surface area contributed by atoms with Gasteiger partial charge in [-0.2, -0.15) is 13.2 Å². The van der Waals surface area contributed by atoms with Gasteiger partial charge in [-0.05, 0) is 30.7 Å². The van der Waals surface area contributed by atoms with Crippen molar-refractivity contribution in [3.05, 3.63) is 34.9 Å². The molecule has 0 atom stereocenters.